The van der Waals surface area contributed by atoms with Crippen molar-refractivity contribution in [2.45, 2.75) is 45.4 Å². The zero-order valence-corrected chi connectivity index (χ0v) is 22.8. The molecule has 4 rings (SSSR count). The SMILES string of the molecule is CCOC(=O)C1=C(C)N=C2C[C@@H](c3ccc(OC)c(OC)c3)CC(=O)C2[C@@H]1c1ccc(OCC)c(OC)c1. The van der Waals surface area contributed by atoms with E-state index in [1.54, 1.807) is 35.2 Å². The van der Waals surface area contributed by atoms with Crippen molar-refractivity contribution in [2.75, 3.05) is 34.5 Å². The Hall–Kier alpha value is -3.81. The molecule has 8 nitrogen and oxygen atoms in total. The summed E-state index contributed by atoms with van der Waals surface area (Å²) in [4.78, 5) is 31.9. The van der Waals surface area contributed by atoms with Gasteiger partial charge in [-0.15, -0.1) is 0 Å². The lowest BCUT2D eigenvalue weighted by molar-refractivity contribution is -0.139. The molecule has 8 heteroatoms. The van der Waals surface area contributed by atoms with Crippen LogP contribution in [0.5, 0.6) is 23.0 Å². The highest BCUT2D eigenvalue weighted by Crippen LogP contribution is 2.48. The molecule has 1 saturated carbocycles. The number of ketones is 1. The van der Waals surface area contributed by atoms with Gasteiger partial charge >= 0.3 is 5.97 Å². The van der Waals surface area contributed by atoms with Gasteiger partial charge in [0.15, 0.2) is 23.0 Å². The first-order valence-electron chi connectivity index (χ1n) is 12.9. The van der Waals surface area contributed by atoms with E-state index in [1.165, 1.54) is 0 Å². The van der Waals surface area contributed by atoms with E-state index < -0.39 is 17.8 Å². The van der Waals surface area contributed by atoms with Crippen molar-refractivity contribution in [1.29, 1.82) is 0 Å². The number of nitrogens with zero attached hydrogens (tertiary/aromatic N) is 1. The van der Waals surface area contributed by atoms with Crippen molar-refractivity contribution >= 4 is 17.5 Å². The van der Waals surface area contributed by atoms with E-state index >= 15 is 0 Å². The third kappa shape index (κ3) is 5.12. The molecule has 38 heavy (non-hydrogen) atoms. The molecule has 1 aliphatic heterocycles. The first-order chi connectivity index (χ1) is 18.4. The Balaban J connectivity index is 1.78. The van der Waals surface area contributed by atoms with Gasteiger partial charge in [-0.1, -0.05) is 12.1 Å². The minimum atomic E-state index is -0.572. The van der Waals surface area contributed by atoms with Gasteiger partial charge in [0, 0.05) is 23.7 Å². The predicted molar refractivity (Wildman–Crippen MR) is 144 cm³/mol. The van der Waals surface area contributed by atoms with Crippen LogP contribution in [0.1, 0.15) is 56.6 Å². The number of methoxy groups -OCH3 is 3. The molecule has 1 fully saturated rings. The Kier molecular flexibility index (Phi) is 8.39. The number of ether oxygens (including phenoxy) is 5. The number of rotatable bonds is 9. The highest BCUT2D eigenvalue weighted by Gasteiger charge is 2.46. The van der Waals surface area contributed by atoms with E-state index in [4.69, 9.17) is 28.7 Å². The first kappa shape index (κ1) is 27.2. The molecule has 2 aromatic carbocycles. The molecule has 2 aromatic rings. The van der Waals surface area contributed by atoms with Gasteiger partial charge in [0.2, 0.25) is 0 Å². The Morgan fingerprint density at radius 2 is 1.47 bits per heavy atom. The second-order valence-corrected chi connectivity index (χ2v) is 9.31. The van der Waals surface area contributed by atoms with Crippen LogP contribution in [0.25, 0.3) is 0 Å². The summed E-state index contributed by atoms with van der Waals surface area (Å²) in [5.41, 5.74) is 3.50. The molecule has 2 aliphatic rings. The summed E-state index contributed by atoms with van der Waals surface area (Å²) >= 11 is 0. The molecule has 0 radical (unpaired) electrons. The summed E-state index contributed by atoms with van der Waals surface area (Å²) in [7, 11) is 4.76. The quantitative estimate of drug-likeness (QED) is 0.416. The number of Topliss-reactive ketones (excluding diaryl/α,β-unsaturated/α-hetero) is 1. The number of esters is 1. The number of carbonyl (C=O) groups is 2. The highest BCUT2D eigenvalue weighted by molar-refractivity contribution is 6.12. The van der Waals surface area contributed by atoms with Gasteiger partial charge in [0.1, 0.15) is 5.78 Å². The topological polar surface area (TPSA) is 92.7 Å². The summed E-state index contributed by atoms with van der Waals surface area (Å²) in [5, 5.41) is 0. The van der Waals surface area contributed by atoms with Crippen LogP contribution < -0.4 is 18.9 Å². The summed E-state index contributed by atoms with van der Waals surface area (Å²) in [6, 6.07) is 11.3. The third-order valence-corrected chi connectivity index (χ3v) is 7.18. The lowest BCUT2D eigenvalue weighted by atomic mass is 9.66. The second-order valence-electron chi connectivity index (χ2n) is 9.31. The molecule has 0 spiro atoms. The Morgan fingerprint density at radius 3 is 2.13 bits per heavy atom. The molecule has 3 atom stereocenters. The number of carbonyl (C=O) groups excluding carboxylic acids is 2. The highest BCUT2D eigenvalue weighted by atomic mass is 16.5. The normalized spacial score (nSPS) is 20.8. The Labute approximate surface area is 223 Å². The minimum Gasteiger partial charge on any atom is -0.493 e. The monoisotopic (exact) mass is 521 g/mol. The zero-order chi connectivity index (χ0) is 27.4. The van der Waals surface area contributed by atoms with Crippen molar-refractivity contribution in [3.05, 3.63) is 58.8 Å². The van der Waals surface area contributed by atoms with Crippen LogP contribution in [0.2, 0.25) is 0 Å². The average molecular weight is 522 g/mol. The Bertz CT molecular complexity index is 1280. The number of hydrogen-bond acceptors (Lipinski definition) is 8. The van der Waals surface area contributed by atoms with E-state index in [-0.39, 0.29) is 18.3 Å². The molecule has 1 heterocycles. The van der Waals surface area contributed by atoms with Crippen LogP contribution >= 0.6 is 0 Å². The summed E-state index contributed by atoms with van der Waals surface area (Å²) in [6.45, 7) is 6.18. The number of aliphatic imine (C=N–C) groups is 1. The minimum absolute atomic E-state index is 0.0296. The van der Waals surface area contributed by atoms with Crippen LogP contribution in [0.15, 0.2) is 52.7 Å². The number of allylic oxidation sites excluding steroid dienone is 1. The molecule has 0 aromatic heterocycles. The van der Waals surface area contributed by atoms with Crippen molar-refractivity contribution in [3.8, 4) is 23.0 Å². The number of hydrogen-bond donors (Lipinski definition) is 0. The van der Waals surface area contributed by atoms with Crippen molar-refractivity contribution in [1.82, 2.24) is 0 Å². The lowest BCUT2D eigenvalue weighted by Crippen LogP contribution is -2.41. The molecule has 0 saturated heterocycles. The zero-order valence-electron chi connectivity index (χ0n) is 22.8. The number of fused-ring (bicyclic) bond motifs is 1. The van der Waals surface area contributed by atoms with Crippen LogP contribution in [0.4, 0.5) is 0 Å². The number of benzene rings is 2. The molecule has 0 amide bonds. The van der Waals surface area contributed by atoms with Crippen LogP contribution in [0, 0.1) is 5.92 Å². The van der Waals surface area contributed by atoms with Crippen LogP contribution in [-0.4, -0.2) is 52.0 Å². The van der Waals surface area contributed by atoms with Crippen LogP contribution in [-0.2, 0) is 14.3 Å². The van der Waals surface area contributed by atoms with E-state index in [0.717, 1.165) is 16.8 Å². The summed E-state index contributed by atoms with van der Waals surface area (Å²) in [5.74, 6) is 0.791. The van der Waals surface area contributed by atoms with Gasteiger partial charge in [-0.2, -0.15) is 0 Å². The molecule has 1 aliphatic carbocycles. The standard InChI is InChI=1S/C30H35NO7/c1-7-37-24-12-10-19(16-26(24)36-6)28-27(30(33)38-8-2)17(3)31-21-13-20(14-22(32)29(21)28)18-9-11-23(34-4)25(15-18)35-5/h9-12,15-16,20,28-29H,7-8,13-14H2,1-6H3/t20-,28-,29?/m1/s1. The van der Waals surface area contributed by atoms with Crippen molar-refractivity contribution in [2.24, 2.45) is 10.9 Å². The molecule has 0 N–H and O–H groups in total. The fourth-order valence-electron chi connectivity index (χ4n) is 5.51. The lowest BCUT2D eigenvalue weighted by Gasteiger charge is -2.38. The fraction of sp³-hybridized carbons (Fsp3) is 0.433. The van der Waals surface area contributed by atoms with Gasteiger partial charge in [-0.3, -0.25) is 9.79 Å². The van der Waals surface area contributed by atoms with E-state index in [0.29, 0.717) is 53.7 Å². The molecular weight excluding hydrogens is 486 g/mol. The van der Waals surface area contributed by atoms with Gasteiger partial charge in [-0.05, 0) is 68.5 Å². The van der Waals surface area contributed by atoms with Crippen molar-refractivity contribution < 1.29 is 33.3 Å². The van der Waals surface area contributed by atoms with Crippen LogP contribution in [0.3, 0.4) is 0 Å². The predicted octanol–water partition coefficient (Wildman–Crippen LogP) is 5.25. The maximum Gasteiger partial charge on any atom is 0.336 e. The second kappa shape index (κ2) is 11.7. The fourth-order valence-corrected chi connectivity index (χ4v) is 5.51. The third-order valence-electron chi connectivity index (χ3n) is 7.18. The Morgan fingerprint density at radius 1 is 0.842 bits per heavy atom. The molecule has 0 bridgehead atoms. The van der Waals surface area contributed by atoms with Crippen molar-refractivity contribution in [3.63, 3.8) is 0 Å². The molecular formula is C30H35NO7. The average Bonchev–Trinajstić information content (AvgIpc) is 2.92. The van der Waals surface area contributed by atoms with E-state index in [1.807, 2.05) is 43.3 Å². The summed E-state index contributed by atoms with van der Waals surface area (Å²) in [6.07, 6.45) is 0.906. The summed E-state index contributed by atoms with van der Waals surface area (Å²) < 4.78 is 27.6. The van der Waals surface area contributed by atoms with Gasteiger partial charge in [0.05, 0.1) is 46.0 Å². The van der Waals surface area contributed by atoms with Gasteiger partial charge in [0.25, 0.3) is 0 Å². The van der Waals surface area contributed by atoms with Gasteiger partial charge in [-0.25, -0.2) is 4.79 Å². The smallest absolute Gasteiger partial charge is 0.336 e. The van der Waals surface area contributed by atoms with Gasteiger partial charge < -0.3 is 23.7 Å². The maximum absolute atomic E-state index is 13.9. The molecule has 1 unspecified atom stereocenters. The van der Waals surface area contributed by atoms with E-state index in [9.17, 15) is 9.59 Å². The van der Waals surface area contributed by atoms with E-state index in [2.05, 4.69) is 0 Å². The largest absolute Gasteiger partial charge is 0.493 e. The first-order valence-corrected chi connectivity index (χ1v) is 12.9. The molecule has 202 valence electrons. The maximum atomic E-state index is 13.9.